The van der Waals surface area contributed by atoms with E-state index < -0.39 is 0 Å². The van der Waals surface area contributed by atoms with Gasteiger partial charge in [0.15, 0.2) is 0 Å². The quantitative estimate of drug-likeness (QED) is 0.645. The van der Waals surface area contributed by atoms with E-state index in [0.29, 0.717) is 12.2 Å². The van der Waals surface area contributed by atoms with Crippen LogP contribution in [0.3, 0.4) is 0 Å². The second-order valence-corrected chi connectivity index (χ2v) is 6.40. The van der Waals surface area contributed by atoms with Crippen molar-refractivity contribution in [2.45, 2.75) is 20.0 Å². The van der Waals surface area contributed by atoms with Gasteiger partial charge >= 0.3 is 0 Å². The molecule has 0 aliphatic carbocycles. The number of para-hydroxylation sites is 1. The Balaban J connectivity index is 1.63. The summed E-state index contributed by atoms with van der Waals surface area (Å²) >= 11 is 0. The SMILES string of the molecule is CCN(Cc1ccccc1)c1ccc(C(=O)NCc2ccccc2OC)nc1. The molecule has 5 nitrogen and oxygen atoms in total. The van der Waals surface area contributed by atoms with Crippen molar-refractivity contribution in [2.24, 2.45) is 0 Å². The number of aromatic nitrogens is 1. The number of methoxy groups -OCH3 is 1. The van der Waals surface area contributed by atoms with Gasteiger partial charge in [0.25, 0.3) is 5.91 Å². The van der Waals surface area contributed by atoms with Crippen molar-refractivity contribution >= 4 is 11.6 Å². The van der Waals surface area contributed by atoms with Gasteiger partial charge in [-0.1, -0.05) is 48.5 Å². The number of hydrogen-bond acceptors (Lipinski definition) is 4. The van der Waals surface area contributed by atoms with Crippen molar-refractivity contribution in [3.8, 4) is 5.75 Å². The monoisotopic (exact) mass is 375 g/mol. The molecule has 0 aliphatic heterocycles. The maximum Gasteiger partial charge on any atom is 0.270 e. The van der Waals surface area contributed by atoms with Crippen molar-refractivity contribution in [2.75, 3.05) is 18.6 Å². The minimum absolute atomic E-state index is 0.205. The lowest BCUT2D eigenvalue weighted by Gasteiger charge is -2.23. The molecule has 0 atom stereocenters. The van der Waals surface area contributed by atoms with Crippen LogP contribution in [0.25, 0.3) is 0 Å². The molecule has 5 heteroatoms. The summed E-state index contributed by atoms with van der Waals surface area (Å²) in [4.78, 5) is 19.0. The Bertz CT molecular complexity index is 895. The zero-order valence-corrected chi connectivity index (χ0v) is 16.3. The number of benzene rings is 2. The molecule has 144 valence electrons. The van der Waals surface area contributed by atoms with Crippen molar-refractivity contribution in [1.29, 1.82) is 0 Å². The summed E-state index contributed by atoms with van der Waals surface area (Å²) in [7, 11) is 1.62. The predicted molar refractivity (Wildman–Crippen MR) is 112 cm³/mol. The van der Waals surface area contributed by atoms with Crippen LogP contribution in [0, 0.1) is 0 Å². The molecule has 0 fully saturated rings. The van der Waals surface area contributed by atoms with Gasteiger partial charge in [-0.05, 0) is 30.7 Å². The minimum Gasteiger partial charge on any atom is -0.496 e. The van der Waals surface area contributed by atoms with E-state index >= 15 is 0 Å². The molecule has 2 aromatic carbocycles. The van der Waals surface area contributed by atoms with Gasteiger partial charge in [0.05, 0.1) is 19.0 Å². The lowest BCUT2D eigenvalue weighted by molar-refractivity contribution is 0.0945. The number of rotatable bonds is 8. The molecule has 0 saturated carbocycles. The van der Waals surface area contributed by atoms with Crippen LogP contribution >= 0.6 is 0 Å². The third-order valence-corrected chi connectivity index (χ3v) is 4.58. The molecule has 1 amide bonds. The number of carbonyl (C=O) groups is 1. The van der Waals surface area contributed by atoms with Crippen LogP contribution in [-0.2, 0) is 13.1 Å². The minimum atomic E-state index is -0.205. The summed E-state index contributed by atoms with van der Waals surface area (Å²) in [5.74, 6) is 0.550. The number of hydrogen-bond donors (Lipinski definition) is 1. The summed E-state index contributed by atoms with van der Waals surface area (Å²) in [5, 5.41) is 2.90. The Morgan fingerprint density at radius 3 is 2.46 bits per heavy atom. The third-order valence-electron chi connectivity index (χ3n) is 4.58. The largest absolute Gasteiger partial charge is 0.496 e. The van der Waals surface area contributed by atoms with Crippen molar-refractivity contribution in [3.63, 3.8) is 0 Å². The molecule has 0 spiro atoms. The number of carbonyl (C=O) groups excluding carboxylic acids is 1. The van der Waals surface area contributed by atoms with Gasteiger partial charge in [0, 0.05) is 25.2 Å². The van der Waals surface area contributed by atoms with Crippen LogP contribution in [0.1, 0.15) is 28.5 Å². The lowest BCUT2D eigenvalue weighted by Crippen LogP contribution is -2.25. The van der Waals surface area contributed by atoms with E-state index in [1.165, 1.54) is 5.56 Å². The normalized spacial score (nSPS) is 10.4. The third kappa shape index (κ3) is 4.88. The fourth-order valence-electron chi connectivity index (χ4n) is 3.01. The number of nitrogens with zero attached hydrogens (tertiary/aromatic N) is 2. The first-order valence-electron chi connectivity index (χ1n) is 9.36. The molecule has 3 rings (SSSR count). The highest BCUT2D eigenvalue weighted by Gasteiger charge is 2.11. The van der Waals surface area contributed by atoms with Gasteiger partial charge < -0.3 is 15.0 Å². The Hall–Kier alpha value is -3.34. The Kier molecular flexibility index (Phi) is 6.63. The first-order valence-corrected chi connectivity index (χ1v) is 9.36. The highest BCUT2D eigenvalue weighted by Crippen LogP contribution is 2.18. The van der Waals surface area contributed by atoms with Crippen LogP contribution in [0.4, 0.5) is 5.69 Å². The standard InChI is InChI=1S/C23H25N3O2/c1-3-26(17-18-9-5-4-6-10-18)20-13-14-21(24-16-20)23(27)25-15-19-11-7-8-12-22(19)28-2/h4-14,16H,3,15,17H2,1-2H3,(H,25,27). The fraction of sp³-hybridized carbons (Fsp3) is 0.217. The van der Waals surface area contributed by atoms with Crippen LogP contribution in [0.15, 0.2) is 72.9 Å². The van der Waals surface area contributed by atoms with Crippen molar-refractivity contribution in [1.82, 2.24) is 10.3 Å². The second kappa shape index (κ2) is 9.55. The zero-order valence-electron chi connectivity index (χ0n) is 16.3. The van der Waals surface area contributed by atoms with E-state index in [2.05, 4.69) is 34.3 Å². The molecule has 0 saturated heterocycles. The fourth-order valence-corrected chi connectivity index (χ4v) is 3.01. The molecular weight excluding hydrogens is 350 g/mol. The average molecular weight is 375 g/mol. The van der Waals surface area contributed by atoms with Gasteiger partial charge in [-0.25, -0.2) is 4.98 Å². The smallest absolute Gasteiger partial charge is 0.270 e. The van der Waals surface area contributed by atoms with E-state index in [4.69, 9.17) is 4.74 Å². The Morgan fingerprint density at radius 1 is 1.04 bits per heavy atom. The van der Waals surface area contributed by atoms with Gasteiger partial charge in [-0.2, -0.15) is 0 Å². The van der Waals surface area contributed by atoms with E-state index in [0.717, 1.165) is 30.1 Å². The maximum atomic E-state index is 12.4. The van der Waals surface area contributed by atoms with Crippen LogP contribution < -0.4 is 15.0 Å². The molecule has 28 heavy (non-hydrogen) atoms. The summed E-state index contributed by atoms with van der Waals surface area (Å²) in [6.45, 7) is 4.16. The highest BCUT2D eigenvalue weighted by molar-refractivity contribution is 5.92. The Labute approximate surface area is 166 Å². The number of ether oxygens (including phenoxy) is 1. The number of anilines is 1. The lowest BCUT2D eigenvalue weighted by atomic mass is 10.2. The van der Waals surface area contributed by atoms with Crippen LogP contribution in [-0.4, -0.2) is 24.5 Å². The van der Waals surface area contributed by atoms with E-state index in [-0.39, 0.29) is 5.91 Å². The molecule has 3 aromatic rings. The van der Waals surface area contributed by atoms with Gasteiger partial charge in [0.2, 0.25) is 0 Å². The maximum absolute atomic E-state index is 12.4. The molecular formula is C23H25N3O2. The first kappa shape index (κ1) is 19.4. The van der Waals surface area contributed by atoms with Crippen molar-refractivity contribution < 1.29 is 9.53 Å². The molecule has 1 N–H and O–H groups in total. The molecule has 0 aliphatic rings. The molecule has 0 bridgehead atoms. The van der Waals surface area contributed by atoms with E-state index in [1.54, 1.807) is 19.4 Å². The highest BCUT2D eigenvalue weighted by atomic mass is 16.5. The zero-order chi connectivity index (χ0) is 19.8. The summed E-state index contributed by atoms with van der Waals surface area (Å²) in [5.41, 5.74) is 3.56. The number of nitrogens with one attached hydrogen (secondary N) is 1. The van der Waals surface area contributed by atoms with Gasteiger partial charge in [0.1, 0.15) is 11.4 Å². The van der Waals surface area contributed by atoms with Gasteiger partial charge in [-0.3, -0.25) is 4.79 Å². The van der Waals surface area contributed by atoms with Crippen LogP contribution in [0.5, 0.6) is 5.75 Å². The molecule has 1 aromatic heterocycles. The summed E-state index contributed by atoms with van der Waals surface area (Å²) in [6.07, 6.45) is 1.75. The first-order chi connectivity index (χ1) is 13.7. The van der Waals surface area contributed by atoms with Gasteiger partial charge in [-0.15, -0.1) is 0 Å². The Morgan fingerprint density at radius 2 is 1.79 bits per heavy atom. The molecule has 1 heterocycles. The van der Waals surface area contributed by atoms with E-state index in [9.17, 15) is 4.79 Å². The summed E-state index contributed by atoms with van der Waals surface area (Å²) in [6, 6.07) is 21.6. The van der Waals surface area contributed by atoms with Crippen molar-refractivity contribution in [3.05, 3.63) is 89.7 Å². The topological polar surface area (TPSA) is 54.5 Å². The number of pyridine rings is 1. The van der Waals surface area contributed by atoms with E-state index in [1.807, 2.05) is 48.5 Å². The second-order valence-electron chi connectivity index (χ2n) is 6.40. The summed E-state index contributed by atoms with van der Waals surface area (Å²) < 4.78 is 5.31. The molecule has 0 radical (unpaired) electrons. The van der Waals surface area contributed by atoms with Crippen LogP contribution in [0.2, 0.25) is 0 Å². The number of amides is 1. The molecule has 0 unspecified atom stereocenters. The average Bonchev–Trinajstić information content (AvgIpc) is 2.77. The predicted octanol–water partition coefficient (Wildman–Crippen LogP) is 4.05.